The van der Waals surface area contributed by atoms with Crippen molar-refractivity contribution in [3.63, 3.8) is 0 Å². The molecule has 20 heavy (non-hydrogen) atoms. The van der Waals surface area contributed by atoms with Crippen molar-refractivity contribution in [1.82, 2.24) is 0 Å². The fourth-order valence-electron chi connectivity index (χ4n) is 1.65. The first-order valence-corrected chi connectivity index (χ1v) is 6.41. The SMILES string of the molecule is Fc1ccc(OC(F)F)cc1-c1c(Cl)ccc(Cl)c1Cl. The molecule has 0 unspecified atom stereocenters. The molecule has 0 heterocycles. The van der Waals surface area contributed by atoms with Gasteiger partial charge in [-0.2, -0.15) is 8.78 Å². The summed E-state index contributed by atoms with van der Waals surface area (Å²) in [4.78, 5) is 0. The molecule has 106 valence electrons. The average molecular weight is 342 g/mol. The van der Waals surface area contributed by atoms with Gasteiger partial charge >= 0.3 is 6.61 Å². The molecule has 2 aromatic carbocycles. The second-order valence-electron chi connectivity index (χ2n) is 3.74. The van der Waals surface area contributed by atoms with Crippen LogP contribution in [-0.2, 0) is 0 Å². The third-order valence-corrected chi connectivity index (χ3v) is 3.60. The van der Waals surface area contributed by atoms with Crippen molar-refractivity contribution >= 4 is 34.8 Å². The zero-order valence-corrected chi connectivity index (χ0v) is 11.9. The monoisotopic (exact) mass is 340 g/mol. The lowest BCUT2D eigenvalue weighted by atomic mass is 10.0. The first-order chi connectivity index (χ1) is 9.40. The lowest BCUT2D eigenvalue weighted by Gasteiger charge is -2.12. The van der Waals surface area contributed by atoms with Crippen LogP contribution in [0, 0.1) is 5.82 Å². The van der Waals surface area contributed by atoms with Crippen LogP contribution in [0.3, 0.4) is 0 Å². The highest BCUT2D eigenvalue weighted by Crippen LogP contribution is 2.41. The van der Waals surface area contributed by atoms with E-state index in [1.54, 1.807) is 0 Å². The molecule has 1 nitrogen and oxygen atoms in total. The lowest BCUT2D eigenvalue weighted by Crippen LogP contribution is -2.02. The highest BCUT2D eigenvalue weighted by Gasteiger charge is 2.17. The van der Waals surface area contributed by atoms with E-state index in [1.165, 1.54) is 12.1 Å². The fourth-order valence-corrected chi connectivity index (χ4v) is 2.38. The molecule has 0 aliphatic heterocycles. The molecule has 0 fully saturated rings. The van der Waals surface area contributed by atoms with Crippen molar-refractivity contribution < 1.29 is 17.9 Å². The normalized spacial score (nSPS) is 10.9. The van der Waals surface area contributed by atoms with E-state index in [0.717, 1.165) is 18.2 Å². The van der Waals surface area contributed by atoms with Crippen LogP contribution in [0.1, 0.15) is 0 Å². The van der Waals surface area contributed by atoms with Crippen LogP contribution in [0.4, 0.5) is 13.2 Å². The number of hydrogen-bond acceptors (Lipinski definition) is 1. The number of ether oxygens (including phenoxy) is 1. The lowest BCUT2D eigenvalue weighted by molar-refractivity contribution is -0.0498. The quantitative estimate of drug-likeness (QED) is 0.617. The summed E-state index contributed by atoms with van der Waals surface area (Å²) in [6.07, 6.45) is 0. The maximum Gasteiger partial charge on any atom is 0.387 e. The molecule has 7 heteroatoms. The standard InChI is InChI=1S/C13H6Cl3F3O/c14-8-2-3-9(15)12(16)11(8)7-5-6(20-13(18)19)1-4-10(7)17/h1-5,13H. The zero-order valence-electron chi connectivity index (χ0n) is 9.64. The summed E-state index contributed by atoms with van der Waals surface area (Å²) in [6, 6.07) is 6.04. The molecule has 2 aromatic rings. The van der Waals surface area contributed by atoms with E-state index in [0.29, 0.717) is 0 Å². The Bertz CT molecular complexity index is 647. The maximum atomic E-state index is 13.9. The van der Waals surface area contributed by atoms with E-state index in [1.807, 2.05) is 0 Å². The molecule has 0 spiro atoms. The van der Waals surface area contributed by atoms with Crippen molar-refractivity contribution in [3.05, 3.63) is 51.2 Å². The molecule has 0 saturated carbocycles. The number of alkyl halides is 2. The summed E-state index contributed by atoms with van der Waals surface area (Å²) >= 11 is 17.8. The van der Waals surface area contributed by atoms with Crippen LogP contribution in [0.15, 0.2) is 30.3 Å². The first kappa shape index (κ1) is 15.3. The molecule has 0 N–H and O–H groups in total. The highest BCUT2D eigenvalue weighted by molar-refractivity contribution is 6.46. The number of benzene rings is 2. The molecule has 0 amide bonds. The fraction of sp³-hybridized carbons (Fsp3) is 0.0769. The first-order valence-electron chi connectivity index (χ1n) is 5.28. The minimum Gasteiger partial charge on any atom is -0.435 e. The zero-order chi connectivity index (χ0) is 14.9. The third kappa shape index (κ3) is 3.14. The van der Waals surface area contributed by atoms with Gasteiger partial charge in [0.05, 0.1) is 15.1 Å². The number of hydrogen-bond donors (Lipinski definition) is 0. The second-order valence-corrected chi connectivity index (χ2v) is 4.93. The predicted octanol–water partition coefficient (Wildman–Crippen LogP) is 6.05. The molecule has 0 aliphatic rings. The van der Waals surface area contributed by atoms with Crippen LogP contribution in [-0.4, -0.2) is 6.61 Å². The topological polar surface area (TPSA) is 9.23 Å². The van der Waals surface area contributed by atoms with Crippen molar-refractivity contribution in [3.8, 4) is 16.9 Å². The maximum absolute atomic E-state index is 13.9. The van der Waals surface area contributed by atoms with Crippen molar-refractivity contribution in [2.75, 3.05) is 0 Å². The summed E-state index contributed by atoms with van der Waals surface area (Å²) < 4.78 is 42.5. The van der Waals surface area contributed by atoms with Crippen LogP contribution >= 0.6 is 34.8 Å². The van der Waals surface area contributed by atoms with Gasteiger partial charge < -0.3 is 4.74 Å². The Morgan fingerprint density at radius 1 is 0.950 bits per heavy atom. The van der Waals surface area contributed by atoms with Crippen molar-refractivity contribution in [1.29, 1.82) is 0 Å². The number of halogens is 6. The Morgan fingerprint density at radius 2 is 1.60 bits per heavy atom. The molecular weight excluding hydrogens is 335 g/mol. The minimum atomic E-state index is -3.02. The summed E-state index contributed by atoms with van der Waals surface area (Å²) in [5.74, 6) is -0.888. The molecule has 2 rings (SSSR count). The third-order valence-electron chi connectivity index (χ3n) is 2.48. The van der Waals surface area contributed by atoms with Gasteiger partial charge in [0.25, 0.3) is 0 Å². The minimum absolute atomic E-state index is 0.0345. The molecule has 0 saturated heterocycles. The van der Waals surface area contributed by atoms with E-state index >= 15 is 0 Å². The van der Waals surface area contributed by atoms with Gasteiger partial charge in [0.2, 0.25) is 0 Å². The Balaban J connectivity index is 2.60. The van der Waals surface area contributed by atoms with Crippen LogP contribution in [0.2, 0.25) is 15.1 Å². The summed E-state index contributed by atoms with van der Waals surface area (Å²) in [5, 5.41) is 0.352. The Labute approximate surface area is 127 Å². The number of rotatable bonds is 3. The Hall–Kier alpha value is -1.10. The predicted molar refractivity (Wildman–Crippen MR) is 73.5 cm³/mol. The van der Waals surface area contributed by atoms with E-state index < -0.39 is 12.4 Å². The van der Waals surface area contributed by atoms with E-state index in [4.69, 9.17) is 34.8 Å². The molecule has 0 radical (unpaired) electrons. The Morgan fingerprint density at radius 3 is 2.25 bits per heavy atom. The summed E-state index contributed by atoms with van der Waals surface area (Å²) in [6.45, 7) is -3.02. The van der Waals surface area contributed by atoms with Crippen LogP contribution < -0.4 is 4.74 Å². The summed E-state index contributed by atoms with van der Waals surface area (Å²) in [7, 11) is 0. The van der Waals surface area contributed by atoms with Gasteiger partial charge in [0.15, 0.2) is 0 Å². The van der Waals surface area contributed by atoms with Gasteiger partial charge in [0.1, 0.15) is 11.6 Å². The molecular formula is C13H6Cl3F3O. The molecule has 0 aliphatic carbocycles. The van der Waals surface area contributed by atoms with Gasteiger partial charge in [-0.1, -0.05) is 34.8 Å². The van der Waals surface area contributed by atoms with E-state index in [9.17, 15) is 13.2 Å². The smallest absolute Gasteiger partial charge is 0.387 e. The van der Waals surface area contributed by atoms with Crippen LogP contribution in [0.25, 0.3) is 11.1 Å². The summed E-state index contributed by atoms with van der Waals surface area (Å²) in [5.41, 5.74) is 0.0544. The van der Waals surface area contributed by atoms with Gasteiger partial charge in [-0.25, -0.2) is 4.39 Å². The van der Waals surface area contributed by atoms with Crippen molar-refractivity contribution in [2.24, 2.45) is 0 Å². The van der Waals surface area contributed by atoms with Gasteiger partial charge in [0, 0.05) is 11.1 Å². The van der Waals surface area contributed by atoms with Crippen LogP contribution in [0.5, 0.6) is 5.75 Å². The van der Waals surface area contributed by atoms with Gasteiger partial charge in [-0.3, -0.25) is 0 Å². The molecule has 0 atom stereocenters. The van der Waals surface area contributed by atoms with Crippen molar-refractivity contribution in [2.45, 2.75) is 6.61 Å². The largest absolute Gasteiger partial charge is 0.435 e. The average Bonchev–Trinajstić information content (AvgIpc) is 2.37. The van der Waals surface area contributed by atoms with Gasteiger partial charge in [-0.05, 0) is 30.3 Å². The molecule has 0 aromatic heterocycles. The van der Waals surface area contributed by atoms with Gasteiger partial charge in [-0.15, -0.1) is 0 Å². The Kier molecular flexibility index (Phi) is 4.68. The molecule has 0 bridgehead atoms. The second kappa shape index (κ2) is 6.12. The van der Waals surface area contributed by atoms with E-state index in [-0.39, 0.29) is 31.9 Å². The van der Waals surface area contributed by atoms with E-state index in [2.05, 4.69) is 4.74 Å². The highest BCUT2D eigenvalue weighted by atomic mass is 35.5.